The lowest BCUT2D eigenvalue weighted by molar-refractivity contribution is -0.120. The molecule has 2 atom stereocenters. The van der Waals surface area contributed by atoms with Crippen molar-refractivity contribution in [2.75, 3.05) is 6.54 Å². The highest BCUT2D eigenvalue weighted by Gasteiger charge is 2.48. The zero-order valence-electron chi connectivity index (χ0n) is 18.4. The lowest BCUT2D eigenvalue weighted by atomic mass is 9.98. The lowest BCUT2D eigenvalue weighted by Crippen LogP contribution is -2.49. The minimum absolute atomic E-state index is 0.0401. The maximum atomic E-state index is 15.3. The van der Waals surface area contributed by atoms with Gasteiger partial charge in [0.1, 0.15) is 23.1 Å². The van der Waals surface area contributed by atoms with E-state index in [1.165, 1.54) is 29.9 Å². The van der Waals surface area contributed by atoms with Gasteiger partial charge in [0.25, 0.3) is 0 Å². The van der Waals surface area contributed by atoms with Crippen LogP contribution in [0.1, 0.15) is 30.9 Å². The number of carbonyl (C=O) groups excluding carboxylic acids is 1. The van der Waals surface area contributed by atoms with E-state index >= 15 is 4.39 Å². The normalized spacial score (nSPS) is 16.2. The van der Waals surface area contributed by atoms with E-state index in [1.807, 2.05) is 0 Å². The van der Waals surface area contributed by atoms with Crippen molar-refractivity contribution in [1.29, 1.82) is 0 Å². The summed E-state index contributed by atoms with van der Waals surface area (Å²) in [7, 11) is 0. The molecule has 2 unspecified atom stereocenters. The smallest absolute Gasteiger partial charge is 0.217 e. The maximum Gasteiger partial charge on any atom is 0.217 e. The molecule has 3 N–H and O–H groups in total. The van der Waals surface area contributed by atoms with Crippen LogP contribution in [0, 0.1) is 23.3 Å². The molecule has 1 aliphatic carbocycles. The molecule has 3 aromatic rings. The molecule has 0 radical (unpaired) electrons. The Balaban J connectivity index is 1.52. The van der Waals surface area contributed by atoms with Crippen LogP contribution in [0.3, 0.4) is 0 Å². The fraction of sp³-hybridized carbons (Fsp3) is 0.333. The first kappa shape index (κ1) is 23.9. The highest BCUT2D eigenvalue weighted by atomic mass is 19.1. The van der Waals surface area contributed by atoms with Gasteiger partial charge in [-0.1, -0.05) is 0 Å². The molecule has 6 nitrogen and oxygen atoms in total. The molecule has 2 aromatic carbocycles. The molecule has 0 aliphatic heterocycles. The molecule has 0 bridgehead atoms. The van der Waals surface area contributed by atoms with Gasteiger partial charge in [0.2, 0.25) is 5.91 Å². The van der Waals surface area contributed by atoms with Gasteiger partial charge in [0, 0.05) is 43.0 Å². The monoisotopic (exact) mass is 476 g/mol. The first-order valence-corrected chi connectivity index (χ1v) is 10.8. The average molecular weight is 476 g/mol. The van der Waals surface area contributed by atoms with Gasteiger partial charge in [0.05, 0.1) is 12.1 Å². The third kappa shape index (κ3) is 5.13. The Hall–Kier alpha value is -3.24. The third-order valence-electron chi connectivity index (χ3n) is 5.93. The van der Waals surface area contributed by atoms with E-state index in [1.54, 1.807) is 12.3 Å². The Morgan fingerprint density at radius 1 is 1.18 bits per heavy atom. The minimum Gasteiger partial charge on any atom is -0.390 e. The molecule has 34 heavy (non-hydrogen) atoms. The van der Waals surface area contributed by atoms with Gasteiger partial charge in [-0.05, 0) is 55.2 Å². The van der Waals surface area contributed by atoms with Crippen molar-refractivity contribution in [1.82, 2.24) is 20.4 Å². The molecule has 10 heteroatoms. The Kier molecular flexibility index (Phi) is 6.72. The molecule has 1 saturated carbocycles. The summed E-state index contributed by atoms with van der Waals surface area (Å²) < 4.78 is 58.5. The molecule has 180 valence electrons. The summed E-state index contributed by atoms with van der Waals surface area (Å²) in [5, 5.41) is 20.4. The van der Waals surface area contributed by atoms with Gasteiger partial charge in [-0.25, -0.2) is 22.2 Å². The number of hydrogen-bond donors (Lipinski definition) is 3. The van der Waals surface area contributed by atoms with Crippen LogP contribution in [0.5, 0.6) is 0 Å². The molecule has 1 aliphatic rings. The number of nitrogens with zero attached hydrogens (tertiary/aromatic N) is 2. The molecule has 1 fully saturated rings. The van der Waals surface area contributed by atoms with E-state index in [2.05, 4.69) is 15.7 Å². The quantitative estimate of drug-likeness (QED) is 0.415. The highest BCUT2D eigenvalue weighted by Crippen LogP contribution is 2.48. The number of benzene rings is 2. The van der Waals surface area contributed by atoms with Crippen LogP contribution in [0.2, 0.25) is 0 Å². The molecule has 4 rings (SSSR count). The second-order valence-electron chi connectivity index (χ2n) is 8.53. The van der Waals surface area contributed by atoms with E-state index in [0.717, 1.165) is 18.2 Å². The fourth-order valence-corrected chi connectivity index (χ4v) is 4.18. The Morgan fingerprint density at radius 3 is 2.47 bits per heavy atom. The van der Waals surface area contributed by atoms with Gasteiger partial charge in [-0.2, -0.15) is 5.10 Å². The van der Waals surface area contributed by atoms with Crippen LogP contribution >= 0.6 is 0 Å². The number of carbonyl (C=O) groups is 1. The average Bonchev–Trinajstić information content (AvgIpc) is 3.32. The van der Waals surface area contributed by atoms with Crippen LogP contribution in [-0.2, 0) is 16.8 Å². The third-order valence-corrected chi connectivity index (χ3v) is 5.93. The molecule has 0 spiro atoms. The molecular weight excluding hydrogens is 452 g/mol. The number of hydrogen-bond acceptors (Lipinski definition) is 4. The maximum absolute atomic E-state index is 15.3. The van der Waals surface area contributed by atoms with E-state index in [0.29, 0.717) is 12.8 Å². The summed E-state index contributed by atoms with van der Waals surface area (Å²) in [5.74, 6) is -3.46. The first-order valence-electron chi connectivity index (χ1n) is 10.8. The van der Waals surface area contributed by atoms with E-state index in [-0.39, 0.29) is 29.8 Å². The van der Waals surface area contributed by atoms with Gasteiger partial charge in [0.15, 0.2) is 5.82 Å². The van der Waals surface area contributed by atoms with Crippen LogP contribution in [0.15, 0.2) is 48.8 Å². The van der Waals surface area contributed by atoms with Crippen LogP contribution in [0.4, 0.5) is 17.6 Å². The van der Waals surface area contributed by atoms with Crippen molar-refractivity contribution in [3.63, 3.8) is 0 Å². The van der Waals surface area contributed by atoms with Crippen molar-refractivity contribution in [2.24, 2.45) is 0 Å². The summed E-state index contributed by atoms with van der Waals surface area (Å²) in [6.07, 6.45) is 2.67. The van der Waals surface area contributed by atoms with Crippen molar-refractivity contribution in [3.05, 3.63) is 83.2 Å². The van der Waals surface area contributed by atoms with Gasteiger partial charge < -0.3 is 15.7 Å². The topological polar surface area (TPSA) is 79.2 Å². The zero-order chi connectivity index (χ0) is 24.5. The second-order valence-corrected chi connectivity index (χ2v) is 8.53. The summed E-state index contributed by atoms with van der Waals surface area (Å²) in [6.45, 7) is 1.14. The summed E-state index contributed by atoms with van der Waals surface area (Å²) in [5.41, 5.74) is -0.819. The lowest BCUT2D eigenvalue weighted by Gasteiger charge is -2.27. The molecule has 1 heterocycles. The molecular formula is C24H24F4N4O2. The zero-order valence-corrected chi connectivity index (χ0v) is 18.4. The molecule has 1 amide bonds. The number of aromatic nitrogens is 2. The summed E-state index contributed by atoms with van der Waals surface area (Å²) in [6, 6.07) is 6.18. The predicted octanol–water partition coefficient (Wildman–Crippen LogP) is 3.12. The minimum atomic E-state index is -1.20. The summed E-state index contributed by atoms with van der Waals surface area (Å²) in [4.78, 5) is 11.7. The Labute approximate surface area is 193 Å². The van der Waals surface area contributed by atoms with Crippen molar-refractivity contribution >= 4 is 5.91 Å². The van der Waals surface area contributed by atoms with E-state index < -0.39 is 46.9 Å². The first-order chi connectivity index (χ1) is 16.2. The molecule has 1 aromatic heterocycles. The van der Waals surface area contributed by atoms with Crippen LogP contribution < -0.4 is 10.6 Å². The van der Waals surface area contributed by atoms with E-state index in [4.69, 9.17) is 0 Å². The number of aliphatic hydroxyl groups is 1. The number of aliphatic hydroxyl groups excluding tert-OH is 1. The highest BCUT2D eigenvalue weighted by molar-refractivity contribution is 5.73. The number of halogens is 4. The standard InChI is InChI=1S/C24H24F4N4O2/c1-14(33)31-19(11-15-9-16(25)12-17(26)10-15)21(34)13-29-24(5-6-24)22-18(27)3-4-20(23(22)28)32-8-2-7-30-32/h2-4,7-10,12,19,21,29,34H,5-6,11,13H2,1H3,(H,31,33). The number of rotatable bonds is 9. The van der Waals surface area contributed by atoms with Gasteiger partial charge >= 0.3 is 0 Å². The van der Waals surface area contributed by atoms with Crippen molar-refractivity contribution in [2.45, 2.75) is 43.9 Å². The van der Waals surface area contributed by atoms with Crippen molar-refractivity contribution in [3.8, 4) is 5.69 Å². The fourth-order valence-electron chi connectivity index (χ4n) is 4.18. The van der Waals surface area contributed by atoms with E-state index in [9.17, 15) is 23.1 Å². The molecule has 0 saturated heterocycles. The SMILES string of the molecule is CC(=O)NC(Cc1cc(F)cc(F)c1)C(O)CNC1(c2c(F)ccc(-n3cccn3)c2F)CC1. The van der Waals surface area contributed by atoms with Gasteiger partial charge in [-0.15, -0.1) is 0 Å². The predicted molar refractivity (Wildman–Crippen MR) is 116 cm³/mol. The summed E-state index contributed by atoms with van der Waals surface area (Å²) >= 11 is 0. The van der Waals surface area contributed by atoms with Crippen LogP contribution in [-0.4, -0.2) is 39.5 Å². The Bertz CT molecular complexity index is 1160. The van der Waals surface area contributed by atoms with Gasteiger partial charge in [-0.3, -0.25) is 4.79 Å². The van der Waals surface area contributed by atoms with Crippen LogP contribution in [0.25, 0.3) is 5.69 Å². The Morgan fingerprint density at radius 2 is 1.88 bits per heavy atom. The number of nitrogens with one attached hydrogen (secondary N) is 2. The number of amides is 1. The second kappa shape index (κ2) is 9.55. The van der Waals surface area contributed by atoms with Crippen molar-refractivity contribution < 1.29 is 27.5 Å². The largest absolute Gasteiger partial charge is 0.390 e.